The van der Waals surface area contributed by atoms with E-state index in [0.717, 1.165) is 17.2 Å². The summed E-state index contributed by atoms with van der Waals surface area (Å²) in [5, 5.41) is 5.91. The van der Waals surface area contributed by atoms with Crippen LogP contribution in [-0.2, 0) is 11.2 Å². The Bertz CT molecular complexity index is 309. The van der Waals surface area contributed by atoms with E-state index in [-0.39, 0.29) is 11.7 Å². The molecule has 0 aliphatic carbocycles. The monoisotopic (exact) mass is 212 g/mol. The number of carbonyl (C=O) groups excluding carboxylic acids is 1. The van der Waals surface area contributed by atoms with Gasteiger partial charge in [-0.05, 0) is 14.0 Å². The molecule has 3 nitrogen and oxygen atoms in total. The molecule has 1 aromatic rings. The molecule has 1 N–H and O–H groups in total. The number of aromatic nitrogens is 1. The number of hydrogen-bond donors (Lipinski definition) is 1. The molecule has 1 rings (SSSR count). The van der Waals surface area contributed by atoms with Crippen molar-refractivity contribution in [2.75, 3.05) is 13.6 Å². The molecule has 0 aromatic carbocycles. The van der Waals surface area contributed by atoms with Crippen molar-refractivity contribution in [1.29, 1.82) is 0 Å². The van der Waals surface area contributed by atoms with E-state index >= 15 is 0 Å². The summed E-state index contributed by atoms with van der Waals surface area (Å²) in [6, 6.07) is 0. The Balaban J connectivity index is 2.48. The van der Waals surface area contributed by atoms with Gasteiger partial charge in [0.15, 0.2) is 0 Å². The first-order valence-corrected chi connectivity index (χ1v) is 5.59. The van der Waals surface area contributed by atoms with Crippen LogP contribution in [0.3, 0.4) is 0 Å². The number of ketones is 1. The fraction of sp³-hybridized carbons (Fsp3) is 0.600. The van der Waals surface area contributed by atoms with Gasteiger partial charge >= 0.3 is 0 Å². The molecule has 1 atom stereocenters. The van der Waals surface area contributed by atoms with E-state index in [1.807, 2.05) is 26.3 Å². The normalized spacial score (nSPS) is 12.8. The first kappa shape index (κ1) is 11.3. The molecular weight excluding hydrogens is 196 g/mol. The summed E-state index contributed by atoms with van der Waals surface area (Å²) in [6.07, 6.45) is 0.474. The van der Waals surface area contributed by atoms with E-state index in [2.05, 4.69) is 10.3 Å². The highest BCUT2D eigenvalue weighted by atomic mass is 32.1. The van der Waals surface area contributed by atoms with Gasteiger partial charge in [0.05, 0.1) is 6.42 Å². The molecular formula is C10H16N2OS. The van der Waals surface area contributed by atoms with Crippen molar-refractivity contribution < 1.29 is 4.79 Å². The van der Waals surface area contributed by atoms with Gasteiger partial charge in [-0.3, -0.25) is 4.79 Å². The lowest BCUT2D eigenvalue weighted by atomic mass is 10.0. The van der Waals surface area contributed by atoms with Gasteiger partial charge in [-0.2, -0.15) is 0 Å². The second kappa shape index (κ2) is 5.22. The van der Waals surface area contributed by atoms with Gasteiger partial charge in [-0.25, -0.2) is 4.98 Å². The Kier molecular flexibility index (Phi) is 4.22. The number of Topliss-reactive ketones (excluding diaryl/α,β-unsaturated/α-hetero) is 1. The number of nitrogens with one attached hydrogen (secondary N) is 1. The summed E-state index contributed by atoms with van der Waals surface area (Å²) in [4.78, 5) is 15.9. The minimum absolute atomic E-state index is 0.0733. The molecule has 1 aromatic heterocycles. The van der Waals surface area contributed by atoms with Crippen molar-refractivity contribution >= 4 is 17.1 Å². The summed E-state index contributed by atoms with van der Waals surface area (Å²) >= 11 is 1.56. The number of hydrogen-bond acceptors (Lipinski definition) is 4. The lowest BCUT2D eigenvalue weighted by molar-refractivity contribution is -0.121. The van der Waals surface area contributed by atoms with Crippen LogP contribution in [0.25, 0.3) is 0 Å². The Morgan fingerprint density at radius 2 is 2.43 bits per heavy atom. The second-order valence-electron chi connectivity index (χ2n) is 3.48. The molecule has 0 fully saturated rings. The molecule has 4 heteroatoms. The molecule has 14 heavy (non-hydrogen) atoms. The highest BCUT2D eigenvalue weighted by Crippen LogP contribution is 2.11. The van der Waals surface area contributed by atoms with E-state index in [4.69, 9.17) is 0 Å². The maximum absolute atomic E-state index is 11.6. The summed E-state index contributed by atoms with van der Waals surface area (Å²) in [5.41, 5.74) is 0.999. The standard InChI is InChI=1S/C10H16N2OS/c1-7(5-11-3)9(13)4-10-12-8(2)6-14-10/h6-7,11H,4-5H2,1-3H3. The fourth-order valence-electron chi connectivity index (χ4n) is 1.23. The van der Waals surface area contributed by atoms with E-state index < -0.39 is 0 Å². The maximum Gasteiger partial charge on any atom is 0.143 e. The van der Waals surface area contributed by atoms with Crippen molar-refractivity contribution in [3.05, 3.63) is 16.1 Å². The number of aryl methyl sites for hydroxylation is 1. The van der Waals surface area contributed by atoms with Crippen LogP contribution >= 0.6 is 11.3 Å². The van der Waals surface area contributed by atoms with Crippen molar-refractivity contribution in [3.63, 3.8) is 0 Å². The smallest absolute Gasteiger partial charge is 0.143 e. The third kappa shape index (κ3) is 3.20. The fourth-order valence-corrected chi connectivity index (χ4v) is 2.01. The lowest BCUT2D eigenvalue weighted by Gasteiger charge is -2.07. The molecule has 0 saturated heterocycles. The largest absolute Gasteiger partial charge is 0.319 e. The van der Waals surface area contributed by atoms with Crippen LogP contribution in [0.2, 0.25) is 0 Å². The second-order valence-corrected chi connectivity index (χ2v) is 4.43. The molecule has 1 heterocycles. The highest BCUT2D eigenvalue weighted by molar-refractivity contribution is 7.09. The number of nitrogens with zero attached hydrogens (tertiary/aromatic N) is 1. The lowest BCUT2D eigenvalue weighted by Crippen LogP contribution is -2.24. The zero-order valence-electron chi connectivity index (χ0n) is 8.83. The molecule has 0 spiro atoms. The van der Waals surface area contributed by atoms with Gasteiger partial charge in [0.1, 0.15) is 10.8 Å². The molecule has 78 valence electrons. The van der Waals surface area contributed by atoms with E-state index in [9.17, 15) is 4.79 Å². The Morgan fingerprint density at radius 3 is 2.93 bits per heavy atom. The molecule has 0 radical (unpaired) electrons. The highest BCUT2D eigenvalue weighted by Gasteiger charge is 2.13. The average molecular weight is 212 g/mol. The molecule has 0 saturated carbocycles. The number of rotatable bonds is 5. The van der Waals surface area contributed by atoms with Crippen LogP contribution in [0, 0.1) is 12.8 Å². The first-order chi connectivity index (χ1) is 6.63. The predicted molar refractivity (Wildman–Crippen MR) is 58.7 cm³/mol. The summed E-state index contributed by atoms with van der Waals surface area (Å²) in [6.45, 7) is 4.63. The van der Waals surface area contributed by atoms with Crippen molar-refractivity contribution in [2.24, 2.45) is 5.92 Å². The summed E-state index contributed by atoms with van der Waals surface area (Å²) in [5.74, 6) is 0.331. The predicted octanol–water partition coefficient (Wildman–Crippen LogP) is 1.42. The SMILES string of the molecule is CNCC(C)C(=O)Cc1nc(C)cs1. The van der Waals surface area contributed by atoms with Crippen LogP contribution in [0.5, 0.6) is 0 Å². The first-order valence-electron chi connectivity index (χ1n) is 4.71. The Morgan fingerprint density at radius 1 is 1.71 bits per heavy atom. The molecule has 0 aliphatic heterocycles. The van der Waals surface area contributed by atoms with E-state index in [0.29, 0.717) is 6.42 Å². The van der Waals surface area contributed by atoms with Crippen LogP contribution in [0.4, 0.5) is 0 Å². The van der Waals surface area contributed by atoms with Crippen LogP contribution < -0.4 is 5.32 Å². The quantitative estimate of drug-likeness (QED) is 0.802. The van der Waals surface area contributed by atoms with Crippen LogP contribution in [0.1, 0.15) is 17.6 Å². The third-order valence-corrected chi connectivity index (χ3v) is 3.02. The van der Waals surface area contributed by atoms with Gasteiger partial charge < -0.3 is 5.32 Å². The van der Waals surface area contributed by atoms with Crippen molar-refractivity contribution in [2.45, 2.75) is 20.3 Å². The Labute approximate surface area is 88.6 Å². The van der Waals surface area contributed by atoms with Gasteiger partial charge in [0, 0.05) is 23.5 Å². The molecule has 1 unspecified atom stereocenters. The molecule has 0 aliphatic rings. The minimum atomic E-state index is 0.0733. The number of thiazole rings is 1. The molecule has 0 bridgehead atoms. The van der Waals surface area contributed by atoms with E-state index in [1.165, 1.54) is 0 Å². The average Bonchev–Trinajstić information content (AvgIpc) is 2.51. The van der Waals surface area contributed by atoms with Crippen LogP contribution in [-0.4, -0.2) is 24.4 Å². The van der Waals surface area contributed by atoms with Gasteiger partial charge in [0.25, 0.3) is 0 Å². The number of carbonyl (C=O) groups is 1. The minimum Gasteiger partial charge on any atom is -0.319 e. The summed E-state index contributed by atoms with van der Waals surface area (Å²) < 4.78 is 0. The summed E-state index contributed by atoms with van der Waals surface area (Å²) in [7, 11) is 1.86. The zero-order chi connectivity index (χ0) is 10.6. The van der Waals surface area contributed by atoms with Crippen molar-refractivity contribution in [3.8, 4) is 0 Å². The van der Waals surface area contributed by atoms with E-state index in [1.54, 1.807) is 11.3 Å². The molecule has 0 amide bonds. The topological polar surface area (TPSA) is 42.0 Å². The Hall–Kier alpha value is -0.740. The third-order valence-electron chi connectivity index (χ3n) is 2.05. The maximum atomic E-state index is 11.6. The van der Waals surface area contributed by atoms with Crippen LogP contribution in [0.15, 0.2) is 5.38 Å². The van der Waals surface area contributed by atoms with Gasteiger partial charge in [0.2, 0.25) is 0 Å². The zero-order valence-corrected chi connectivity index (χ0v) is 9.65. The van der Waals surface area contributed by atoms with Gasteiger partial charge in [-0.15, -0.1) is 11.3 Å². The van der Waals surface area contributed by atoms with Crippen molar-refractivity contribution in [1.82, 2.24) is 10.3 Å². The van der Waals surface area contributed by atoms with Gasteiger partial charge in [-0.1, -0.05) is 6.92 Å².